The van der Waals surface area contributed by atoms with E-state index >= 15 is 0 Å². The molecule has 1 aromatic carbocycles. The van der Waals surface area contributed by atoms with Gasteiger partial charge in [0.05, 0.1) is 11.9 Å². The Morgan fingerprint density at radius 1 is 1.13 bits per heavy atom. The van der Waals surface area contributed by atoms with Crippen LogP contribution in [0.1, 0.15) is 30.9 Å². The first-order chi connectivity index (χ1) is 7.43. The summed E-state index contributed by atoms with van der Waals surface area (Å²) in [5.41, 5.74) is 1.36. The highest BCUT2D eigenvalue weighted by Crippen LogP contribution is 2.28. The molecule has 0 aliphatic carbocycles. The van der Waals surface area contributed by atoms with Gasteiger partial charge in [-0.3, -0.25) is 4.99 Å². The molecule has 2 aliphatic heterocycles. The van der Waals surface area contributed by atoms with Gasteiger partial charge in [0.1, 0.15) is 0 Å². The van der Waals surface area contributed by atoms with Crippen molar-refractivity contribution in [2.75, 3.05) is 13.1 Å². The summed E-state index contributed by atoms with van der Waals surface area (Å²) < 4.78 is 0. The van der Waals surface area contributed by atoms with Crippen LogP contribution in [0.2, 0.25) is 0 Å². The second-order valence-electron chi connectivity index (χ2n) is 4.37. The normalized spacial score (nSPS) is 24.9. The molecule has 1 aromatic rings. The van der Waals surface area contributed by atoms with Crippen LogP contribution >= 0.6 is 0 Å². The Bertz CT molecular complexity index is 369. The van der Waals surface area contributed by atoms with Crippen molar-refractivity contribution in [2.45, 2.75) is 25.3 Å². The van der Waals surface area contributed by atoms with Gasteiger partial charge in [-0.05, 0) is 18.4 Å². The van der Waals surface area contributed by atoms with Crippen LogP contribution in [0.3, 0.4) is 0 Å². The first-order valence-electron chi connectivity index (χ1n) is 5.80. The van der Waals surface area contributed by atoms with E-state index in [1.807, 2.05) is 0 Å². The number of fused-ring (bicyclic) bond motifs is 1. The Labute approximate surface area is 90.6 Å². The average molecular weight is 200 g/mol. The molecule has 0 amide bonds. The molecule has 2 nitrogen and oxygen atoms in total. The first kappa shape index (κ1) is 8.96. The molecule has 0 spiro atoms. The number of aliphatic imine (C=N–C) groups is 1. The molecular weight excluding hydrogens is 184 g/mol. The van der Waals surface area contributed by atoms with Crippen molar-refractivity contribution >= 4 is 5.84 Å². The molecule has 0 saturated carbocycles. The maximum absolute atomic E-state index is 4.82. The summed E-state index contributed by atoms with van der Waals surface area (Å²) in [7, 11) is 0. The molecule has 1 fully saturated rings. The molecule has 78 valence electrons. The number of hydrogen-bond acceptors (Lipinski definition) is 2. The second-order valence-corrected chi connectivity index (χ2v) is 4.37. The fourth-order valence-electron chi connectivity index (χ4n) is 2.50. The summed E-state index contributed by atoms with van der Waals surface area (Å²) >= 11 is 0. The highest BCUT2D eigenvalue weighted by atomic mass is 15.3. The Balaban J connectivity index is 1.83. The van der Waals surface area contributed by atoms with E-state index in [0.29, 0.717) is 6.04 Å². The minimum Gasteiger partial charge on any atom is -0.358 e. The van der Waals surface area contributed by atoms with Crippen LogP contribution in [-0.2, 0) is 0 Å². The molecule has 0 N–H and O–H groups in total. The van der Waals surface area contributed by atoms with Gasteiger partial charge in [-0.1, -0.05) is 30.3 Å². The average Bonchev–Trinajstić information content (AvgIpc) is 2.74. The molecule has 0 bridgehead atoms. The number of hydrogen-bond donors (Lipinski definition) is 0. The van der Waals surface area contributed by atoms with Crippen LogP contribution in [0, 0.1) is 0 Å². The van der Waals surface area contributed by atoms with Gasteiger partial charge in [-0.15, -0.1) is 0 Å². The topological polar surface area (TPSA) is 15.6 Å². The van der Waals surface area contributed by atoms with E-state index in [1.165, 1.54) is 37.2 Å². The van der Waals surface area contributed by atoms with Crippen molar-refractivity contribution in [2.24, 2.45) is 4.99 Å². The fourth-order valence-corrected chi connectivity index (χ4v) is 2.50. The van der Waals surface area contributed by atoms with Crippen molar-refractivity contribution in [1.82, 2.24) is 4.90 Å². The number of piperidine rings is 1. The predicted molar refractivity (Wildman–Crippen MR) is 62.0 cm³/mol. The molecule has 1 atom stereocenters. The lowest BCUT2D eigenvalue weighted by atomic mass is 10.1. The van der Waals surface area contributed by atoms with Crippen LogP contribution in [0.5, 0.6) is 0 Å². The maximum atomic E-state index is 4.82. The smallest absolute Gasteiger partial charge is 0.0998 e. The Kier molecular flexibility index (Phi) is 2.20. The minimum absolute atomic E-state index is 0.388. The van der Waals surface area contributed by atoms with E-state index in [1.54, 1.807) is 0 Å². The third kappa shape index (κ3) is 1.65. The van der Waals surface area contributed by atoms with Crippen LogP contribution in [0.4, 0.5) is 0 Å². The van der Waals surface area contributed by atoms with Gasteiger partial charge >= 0.3 is 0 Å². The SMILES string of the molecule is c1ccc([C@@H]2CN3CCCCC3=N2)cc1. The van der Waals surface area contributed by atoms with Crippen molar-refractivity contribution in [3.05, 3.63) is 35.9 Å². The van der Waals surface area contributed by atoms with Crippen LogP contribution in [0.15, 0.2) is 35.3 Å². The quantitative estimate of drug-likeness (QED) is 0.680. The number of nitrogens with zero attached hydrogens (tertiary/aromatic N) is 2. The molecule has 0 radical (unpaired) electrons. The molecule has 2 heterocycles. The van der Waals surface area contributed by atoms with Gasteiger partial charge < -0.3 is 4.90 Å². The van der Waals surface area contributed by atoms with Gasteiger partial charge in [0.15, 0.2) is 0 Å². The van der Waals surface area contributed by atoms with Crippen molar-refractivity contribution in [1.29, 1.82) is 0 Å². The van der Waals surface area contributed by atoms with E-state index in [4.69, 9.17) is 4.99 Å². The van der Waals surface area contributed by atoms with E-state index < -0.39 is 0 Å². The predicted octanol–water partition coefficient (Wildman–Crippen LogP) is 2.63. The molecular formula is C13H16N2. The first-order valence-corrected chi connectivity index (χ1v) is 5.80. The van der Waals surface area contributed by atoms with Gasteiger partial charge in [0.2, 0.25) is 0 Å². The van der Waals surface area contributed by atoms with Crippen LogP contribution in [-0.4, -0.2) is 23.8 Å². The molecule has 3 rings (SSSR count). The van der Waals surface area contributed by atoms with E-state index in [2.05, 4.69) is 35.2 Å². The lowest BCUT2D eigenvalue weighted by molar-refractivity contribution is 0.384. The summed E-state index contributed by atoms with van der Waals surface area (Å²) in [5, 5.41) is 0. The number of rotatable bonds is 1. The van der Waals surface area contributed by atoms with Gasteiger partial charge in [0.25, 0.3) is 0 Å². The summed E-state index contributed by atoms with van der Waals surface area (Å²) in [4.78, 5) is 7.28. The maximum Gasteiger partial charge on any atom is 0.0998 e. The Morgan fingerprint density at radius 2 is 2.00 bits per heavy atom. The summed E-state index contributed by atoms with van der Waals surface area (Å²) in [5.74, 6) is 1.34. The zero-order chi connectivity index (χ0) is 10.1. The van der Waals surface area contributed by atoms with Gasteiger partial charge in [0, 0.05) is 19.5 Å². The second kappa shape index (κ2) is 3.69. The zero-order valence-electron chi connectivity index (χ0n) is 8.89. The van der Waals surface area contributed by atoms with E-state index in [0.717, 1.165) is 6.54 Å². The van der Waals surface area contributed by atoms with Crippen molar-refractivity contribution in [3.63, 3.8) is 0 Å². The highest BCUT2D eigenvalue weighted by molar-refractivity contribution is 5.84. The molecule has 0 unspecified atom stereocenters. The highest BCUT2D eigenvalue weighted by Gasteiger charge is 2.27. The van der Waals surface area contributed by atoms with Crippen molar-refractivity contribution in [3.8, 4) is 0 Å². The largest absolute Gasteiger partial charge is 0.358 e. The van der Waals surface area contributed by atoms with Crippen LogP contribution < -0.4 is 0 Å². The lowest BCUT2D eigenvalue weighted by Crippen LogP contribution is -2.32. The fraction of sp³-hybridized carbons (Fsp3) is 0.462. The third-order valence-electron chi connectivity index (χ3n) is 3.33. The van der Waals surface area contributed by atoms with Gasteiger partial charge in [-0.25, -0.2) is 0 Å². The standard InChI is InChI=1S/C13H16N2/c1-2-6-11(7-3-1)12-10-15-9-5-4-8-13(15)14-12/h1-3,6-7,12H,4-5,8-10H2/t12-/m0/s1. The van der Waals surface area contributed by atoms with Gasteiger partial charge in [-0.2, -0.15) is 0 Å². The number of benzene rings is 1. The summed E-state index contributed by atoms with van der Waals surface area (Å²) in [6.07, 6.45) is 3.83. The molecule has 2 heteroatoms. The molecule has 1 saturated heterocycles. The molecule has 2 aliphatic rings. The Morgan fingerprint density at radius 3 is 2.80 bits per heavy atom. The summed E-state index contributed by atoms with van der Waals surface area (Å²) in [6.45, 7) is 2.31. The Hall–Kier alpha value is -1.31. The monoisotopic (exact) mass is 200 g/mol. The molecule has 15 heavy (non-hydrogen) atoms. The summed E-state index contributed by atoms with van der Waals surface area (Å²) in [6, 6.07) is 11.0. The van der Waals surface area contributed by atoms with E-state index in [9.17, 15) is 0 Å². The van der Waals surface area contributed by atoms with Crippen molar-refractivity contribution < 1.29 is 0 Å². The lowest BCUT2D eigenvalue weighted by Gasteiger charge is -2.25. The third-order valence-corrected chi connectivity index (χ3v) is 3.33. The zero-order valence-corrected chi connectivity index (χ0v) is 8.89. The van der Waals surface area contributed by atoms with Crippen LogP contribution in [0.25, 0.3) is 0 Å². The minimum atomic E-state index is 0.388. The molecule has 0 aromatic heterocycles. The number of amidine groups is 1. The van der Waals surface area contributed by atoms with E-state index in [-0.39, 0.29) is 0 Å².